The van der Waals surface area contributed by atoms with Crippen molar-refractivity contribution in [1.82, 2.24) is 9.97 Å². The van der Waals surface area contributed by atoms with E-state index in [9.17, 15) is 4.79 Å². The molecule has 0 spiro atoms. The lowest BCUT2D eigenvalue weighted by atomic mass is 10.1. The molecule has 2 aliphatic rings. The van der Waals surface area contributed by atoms with Crippen LogP contribution >= 0.6 is 11.6 Å². The first kappa shape index (κ1) is 22.5. The lowest BCUT2D eigenvalue weighted by Gasteiger charge is -2.37. The van der Waals surface area contributed by atoms with Crippen LogP contribution in [0.5, 0.6) is 11.5 Å². The van der Waals surface area contributed by atoms with Crippen LogP contribution < -0.4 is 24.6 Å². The standard InChI is InChI=1S/C25H28ClN5O3/c1-15(32)27-17-6-7-21(19(26)12-17)30-8-10-31(11-9-30)25-18-13-22(33-2)23(34-3)14-20(18)28-24(29-25)16-4-5-16/h6-7,12-14,16H,4-5,8-11H2,1-3H3,(H,27,32). The Balaban J connectivity index is 1.41. The molecule has 34 heavy (non-hydrogen) atoms. The fourth-order valence-corrected chi connectivity index (χ4v) is 4.73. The summed E-state index contributed by atoms with van der Waals surface area (Å²) < 4.78 is 11.1. The predicted molar refractivity (Wildman–Crippen MR) is 135 cm³/mol. The largest absolute Gasteiger partial charge is 0.493 e. The Morgan fingerprint density at radius 2 is 1.68 bits per heavy atom. The third-order valence-corrected chi connectivity index (χ3v) is 6.63. The Hall–Kier alpha value is -3.26. The van der Waals surface area contributed by atoms with E-state index in [-0.39, 0.29) is 5.91 Å². The predicted octanol–water partition coefficient (Wildman–Crippen LogP) is 4.46. The first-order valence-corrected chi connectivity index (χ1v) is 11.9. The molecule has 1 aromatic heterocycles. The number of carbonyl (C=O) groups is 1. The van der Waals surface area contributed by atoms with Gasteiger partial charge in [0.25, 0.3) is 0 Å². The highest BCUT2D eigenvalue weighted by Gasteiger charge is 2.30. The van der Waals surface area contributed by atoms with Gasteiger partial charge in [0.1, 0.15) is 11.6 Å². The number of carbonyl (C=O) groups excluding carboxylic acids is 1. The number of hydrogen-bond acceptors (Lipinski definition) is 7. The SMILES string of the molecule is COc1cc2nc(C3CC3)nc(N3CCN(c4ccc(NC(C)=O)cc4Cl)CC3)c2cc1OC. The molecular weight excluding hydrogens is 454 g/mol. The second-order valence-corrected chi connectivity index (χ2v) is 9.13. The number of benzene rings is 2. The van der Waals surface area contributed by atoms with Gasteiger partial charge in [-0.25, -0.2) is 9.97 Å². The zero-order valence-electron chi connectivity index (χ0n) is 19.6. The molecule has 0 bridgehead atoms. The van der Waals surface area contributed by atoms with Crippen LogP contribution in [0.1, 0.15) is 31.5 Å². The molecule has 1 aliphatic heterocycles. The molecule has 2 fully saturated rings. The van der Waals surface area contributed by atoms with Crippen LogP contribution in [-0.4, -0.2) is 56.3 Å². The van der Waals surface area contributed by atoms with E-state index in [1.165, 1.54) is 6.92 Å². The van der Waals surface area contributed by atoms with Gasteiger partial charge in [0.15, 0.2) is 11.5 Å². The lowest BCUT2D eigenvalue weighted by Crippen LogP contribution is -2.47. The molecule has 1 N–H and O–H groups in total. The number of aromatic nitrogens is 2. The van der Waals surface area contributed by atoms with Crippen molar-refractivity contribution in [3.05, 3.63) is 41.2 Å². The van der Waals surface area contributed by atoms with Crippen molar-refractivity contribution in [2.75, 3.05) is 55.5 Å². The van der Waals surface area contributed by atoms with E-state index in [1.807, 2.05) is 24.3 Å². The van der Waals surface area contributed by atoms with Crippen LogP contribution in [0.15, 0.2) is 30.3 Å². The number of anilines is 3. The van der Waals surface area contributed by atoms with Crippen LogP contribution in [0.3, 0.4) is 0 Å². The lowest BCUT2D eigenvalue weighted by molar-refractivity contribution is -0.114. The molecule has 8 nitrogen and oxygen atoms in total. The molecule has 0 unspecified atom stereocenters. The monoisotopic (exact) mass is 481 g/mol. The Morgan fingerprint density at radius 1 is 1.00 bits per heavy atom. The van der Waals surface area contributed by atoms with Gasteiger partial charge in [0.2, 0.25) is 5.91 Å². The van der Waals surface area contributed by atoms with Crippen LogP contribution in [-0.2, 0) is 4.79 Å². The number of rotatable bonds is 6. The van der Waals surface area contributed by atoms with Crippen molar-refractivity contribution >= 4 is 45.6 Å². The van der Waals surface area contributed by atoms with Crippen LogP contribution in [0, 0.1) is 0 Å². The van der Waals surface area contributed by atoms with Gasteiger partial charge >= 0.3 is 0 Å². The number of piperazine rings is 1. The van der Waals surface area contributed by atoms with Gasteiger partial charge in [0.05, 0.1) is 30.4 Å². The van der Waals surface area contributed by atoms with E-state index < -0.39 is 0 Å². The van der Waals surface area contributed by atoms with Gasteiger partial charge < -0.3 is 24.6 Å². The maximum Gasteiger partial charge on any atom is 0.221 e. The van der Waals surface area contributed by atoms with Crippen molar-refractivity contribution in [2.24, 2.45) is 0 Å². The molecule has 9 heteroatoms. The Labute approximate surface area is 203 Å². The molecular formula is C25H28ClN5O3. The van der Waals surface area contributed by atoms with Crippen molar-refractivity contribution in [3.8, 4) is 11.5 Å². The van der Waals surface area contributed by atoms with Crippen molar-refractivity contribution < 1.29 is 14.3 Å². The summed E-state index contributed by atoms with van der Waals surface area (Å²) in [4.78, 5) is 25.8. The second kappa shape index (κ2) is 9.18. The molecule has 1 saturated heterocycles. The van der Waals surface area contributed by atoms with Crippen molar-refractivity contribution in [1.29, 1.82) is 0 Å². The summed E-state index contributed by atoms with van der Waals surface area (Å²) in [5.41, 5.74) is 2.54. The van der Waals surface area contributed by atoms with Gasteiger partial charge in [-0.05, 0) is 37.1 Å². The molecule has 2 aromatic carbocycles. The first-order chi connectivity index (χ1) is 16.5. The number of hydrogen-bond donors (Lipinski definition) is 1. The average molecular weight is 482 g/mol. The summed E-state index contributed by atoms with van der Waals surface area (Å²) >= 11 is 6.55. The molecule has 1 aliphatic carbocycles. The first-order valence-electron chi connectivity index (χ1n) is 11.5. The molecule has 0 radical (unpaired) electrons. The number of nitrogens with one attached hydrogen (secondary N) is 1. The highest BCUT2D eigenvalue weighted by Crippen LogP contribution is 2.42. The van der Waals surface area contributed by atoms with Crippen LogP contribution in [0.25, 0.3) is 10.9 Å². The van der Waals surface area contributed by atoms with Gasteiger partial charge in [0, 0.05) is 56.2 Å². The van der Waals surface area contributed by atoms with E-state index in [1.54, 1.807) is 20.3 Å². The number of ether oxygens (including phenoxy) is 2. The van der Waals surface area contributed by atoms with E-state index in [2.05, 4.69) is 15.1 Å². The highest BCUT2D eigenvalue weighted by atomic mass is 35.5. The quantitative estimate of drug-likeness (QED) is 0.556. The Morgan fingerprint density at radius 3 is 2.29 bits per heavy atom. The van der Waals surface area contributed by atoms with E-state index in [4.69, 9.17) is 31.0 Å². The van der Waals surface area contributed by atoms with Crippen LogP contribution in [0.4, 0.5) is 17.2 Å². The fourth-order valence-electron chi connectivity index (χ4n) is 4.43. The highest BCUT2D eigenvalue weighted by molar-refractivity contribution is 6.33. The number of fused-ring (bicyclic) bond motifs is 1. The van der Waals surface area contributed by atoms with Crippen LogP contribution in [0.2, 0.25) is 5.02 Å². The van der Waals surface area contributed by atoms with Gasteiger partial charge in [-0.1, -0.05) is 11.6 Å². The minimum atomic E-state index is -0.116. The fraction of sp³-hybridized carbons (Fsp3) is 0.400. The second-order valence-electron chi connectivity index (χ2n) is 8.73. The molecule has 5 rings (SSSR count). The smallest absolute Gasteiger partial charge is 0.221 e. The van der Waals surface area contributed by atoms with Crippen molar-refractivity contribution in [3.63, 3.8) is 0 Å². The van der Waals surface area contributed by atoms with Gasteiger partial charge in [-0.2, -0.15) is 0 Å². The summed E-state index contributed by atoms with van der Waals surface area (Å²) in [5, 5.41) is 4.37. The van der Waals surface area contributed by atoms with E-state index >= 15 is 0 Å². The summed E-state index contributed by atoms with van der Waals surface area (Å²) in [5.74, 6) is 3.52. The summed E-state index contributed by atoms with van der Waals surface area (Å²) in [7, 11) is 3.28. The Bertz CT molecular complexity index is 1240. The zero-order chi connectivity index (χ0) is 23.8. The zero-order valence-corrected chi connectivity index (χ0v) is 20.4. The maximum absolute atomic E-state index is 11.3. The van der Waals surface area contributed by atoms with E-state index in [0.717, 1.165) is 67.3 Å². The van der Waals surface area contributed by atoms with Gasteiger partial charge in [-0.15, -0.1) is 0 Å². The average Bonchev–Trinajstić information content (AvgIpc) is 3.68. The molecule has 3 aromatic rings. The molecule has 1 saturated carbocycles. The van der Waals surface area contributed by atoms with Gasteiger partial charge in [-0.3, -0.25) is 4.79 Å². The molecule has 178 valence electrons. The minimum absolute atomic E-state index is 0.116. The number of nitrogens with zero attached hydrogens (tertiary/aromatic N) is 4. The molecule has 1 amide bonds. The van der Waals surface area contributed by atoms with E-state index in [0.29, 0.717) is 28.1 Å². The third kappa shape index (κ3) is 4.42. The normalized spacial score (nSPS) is 16.0. The maximum atomic E-state index is 11.3. The topological polar surface area (TPSA) is 79.8 Å². The third-order valence-electron chi connectivity index (χ3n) is 6.33. The summed E-state index contributed by atoms with van der Waals surface area (Å²) in [6, 6.07) is 9.56. The molecule has 2 heterocycles. The summed E-state index contributed by atoms with van der Waals surface area (Å²) in [6.07, 6.45) is 2.28. The Kier molecular flexibility index (Phi) is 6.08. The molecule has 0 atom stereocenters. The van der Waals surface area contributed by atoms with Crippen molar-refractivity contribution in [2.45, 2.75) is 25.7 Å². The number of halogens is 1. The minimum Gasteiger partial charge on any atom is -0.493 e. The summed E-state index contributed by atoms with van der Waals surface area (Å²) in [6.45, 7) is 4.69. The number of amides is 1. The number of methoxy groups -OCH3 is 2.